The van der Waals surface area contributed by atoms with E-state index < -0.39 is 5.97 Å². The maximum atomic E-state index is 12.9. The fourth-order valence-electron chi connectivity index (χ4n) is 3.77. The number of rotatable bonds is 6. The molecule has 2 heterocycles. The number of carbonyl (C=O) groups excluding carboxylic acids is 3. The first kappa shape index (κ1) is 21.8. The lowest BCUT2D eigenvalue weighted by molar-refractivity contribution is -0.135. The fraction of sp³-hybridized carbons (Fsp3) is 0.435. The van der Waals surface area contributed by atoms with Gasteiger partial charge in [-0.15, -0.1) is 11.3 Å². The molecule has 1 saturated carbocycles. The molecule has 4 rings (SSSR count). The summed E-state index contributed by atoms with van der Waals surface area (Å²) in [6.45, 7) is 3.23. The van der Waals surface area contributed by atoms with Gasteiger partial charge in [-0.05, 0) is 56.4 Å². The van der Waals surface area contributed by atoms with Gasteiger partial charge in [0.25, 0.3) is 0 Å². The van der Waals surface area contributed by atoms with Crippen molar-refractivity contribution in [2.24, 2.45) is 11.8 Å². The van der Waals surface area contributed by atoms with E-state index in [1.807, 2.05) is 23.1 Å². The average molecular weight is 461 g/mol. The quantitative estimate of drug-likeness (QED) is 0.626. The Morgan fingerprint density at radius 3 is 2.39 bits per heavy atom. The zero-order chi connectivity index (χ0) is 22.0. The molecule has 0 radical (unpaired) electrons. The Bertz CT molecular complexity index is 976. The van der Waals surface area contributed by atoms with Crippen LogP contribution in [0.25, 0.3) is 10.4 Å². The molecule has 0 bridgehead atoms. The molecule has 2 aliphatic rings. The third kappa shape index (κ3) is 5.10. The maximum Gasteiger partial charge on any atom is 0.350 e. The Morgan fingerprint density at radius 2 is 1.77 bits per heavy atom. The van der Waals surface area contributed by atoms with Gasteiger partial charge in [-0.3, -0.25) is 9.59 Å². The summed E-state index contributed by atoms with van der Waals surface area (Å²) in [6, 6.07) is 9.14. The lowest BCUT2D eigenvalue weighted by Crippen LogP contribution is -2.42. The molecule has 164 valence electrons. The molecule has 31 heavy (non-hydrogen) atoms. The highest BCUT2D eigenvalue weighted by atomic mass is 35.5. The van der Waals surface area contributed by atoms with Crippen LogP contribution in [0.15, 0.2) is 30.3 Å². The smallest absolute Gasteiger partial charge is 0.350 e. The number of amides is 2. The van der Waals surface area contributed by atoms with E-state index in [2.05, 4.69) is 5.32 Å². The number of ether oxygens (including phenoxy) is 1. The Labute approximate surface area is 190 Å². The number of hydrogen-bond acceptors (Lipinski definition) is 5. The Kier molecular flexibility index (Phi) is 6.62. The predicted octanol–water partition coefficient (Wildman–Crippen LogP) is 4.83. The lowest BCUT2D eigenvalue weighted by Gasteiger charge is -2.31. The van der Waals surface area contributed by atoms with Crippen LogP contribution >= 0.6 is 22.9 Å². The summed E-state index contributed by atoms with van der Waals surface area (Å²) in [7, 11) is 0. The number of hydrogen-bond donors (Lipinski definition) is 1. The summed E-state index contributed by atoms with van der Waals surface area (Å²) in [5.41, 5.74) is 1.38. The van der Waals surface area contributed by atoms with E-state index in [-0.39, 0.29) is 30.3 Å². The Morgan fingerprint density at radius 1 is 1.10 bits per heavy atom. The molecule has 2 amide bonds. The Balaban J connectivity index is 1.47. The van der Waals surface area contributed by atoms with Crippen LogP contribution < -0.4 is 5.32 Å². The largest absolute Gasteiger partial charge is 0.462 e. The van der Waals surface area contributed by atoms with Gasteiger partial charge in [0.15, 0.2) is 0 Å². The summed E-state index contributed by atoms with van der Waals surface area (Å²) < 4.78 is 5.19. The topological polar surface area (TPSA) is 75.7 Å². The van der Waals surface area contributed by atoms with Gasteiger partial charge in [-0.1, -0.05) is 23.7 Å². The van der Waals surface area contributed by atoms with Crippen molar-refractivity contribution in [3.05, 3.63) is 40.2 Å². The molecule has 1 saturated heterocycles. The molecular weight excluding hydrogens is 436 g/mol. The van der Waals surface area contributed by atoms with E-state index >= 15 is 0 Å². The molecule has 1 aliphatic heterocycles. The second kappa shape index (κ2) is 9.40. The first-order chi connectivity index (χ1) is 15.0. The molecule has 0 unspecified atom stereocenters. The summed E-state index contributed by atoms with van der Waals surface area (Å²) in [6.07, 6.45) is 3.24. The second-order valence-corrected chi connectivity index (χ2v) is 9.43. The molecule has 6 nitrogen and oxygen atoms in total. The number of piperidine rings is 1. The molecule has 8 heteroatoms. The van der Waals surface area contributed by atoms with Gasteiger partial charge in [0.05, 0.1) is 12.3 Å². The van der Waals surface area contributed by atoms with E-state index in [1.165, 1.54) is 11.3 Å². The minimum absolute atomic E-state index is 0.121. The number of likely N-dealkylation sites (tertiary alicyclic amines) is 1. The summed E-state index contributed by atoms with van der Waals surface area (Å²) in [5, 5.41) is 3.57. The van der Waals surface area contributed by atoms with Crippen LogP contribution in [0, 0.1) is 11.8 Å². The minimum atomic E-state index is -0.451. The number of esters is 1. The number of thiophene rings is 1. The van der Waals surface area contributed by atoms with Crippen LogP contribution in [-0.4, -0.2) is 42.4 Å². The molecular formula is C23H25ClN2O4S. The van der Waals surface area contributed by atoms with Crippen molar-refractivity contribution in [1.29, 1.82) is 0 Å². The van der Waals surface area contributed by atoms with Crippen molar-refractivity contribution in [3.8, 4) is 10.4 Å². The van der Waals surface area contributed by atoms with Gasteiger partial charge in [0, 0.05) is 34.8 Å². The molecule has 1 N–H and O–H groups in total. The minimum Gasteiger partial charge on any atom is -0.462 e. The first-order valence-corrected chi connectivity index (χ1v) is 11.8. The molecule has 0 spiro atoms. The normalized spacial score (nSPS) is 16.8. The summed E-state index contributed by atoms with van der Waals surface area (Å²) >= 11 is 7.26. The molecule has 2 fully saturated rings. The highest BCUT2D eigenvalue weighted by Crippen LogP contribution is 2.37. The number of carbonyl (C=O) groups is 3. The molecule has 1 aromatic carbocycles. The molecule has 1 aromatic heterocycles. The highest BCUT2D eigenvalue weighted by molar-refractivity contribution is 7.18. The number of nitrogens with zero attached hydrogens (tertiary/aromatic N) is 1. The van der Waals surface area contributed by atoms with Crippen LogP contribution in [0.3, 0.4) is 0 Å². The second-order valence-electron chi connectivity index (χ2n) is 7.94. The van der Waals surface area contributed by atoms with E-state index in [4.69, 9.17) is 16.3 Å². The van der Waals surface area contributed by atoms with Gasteiger partial charge in [-0.2, -0.15) is 0 Å². The third-order valence-corrected chi connectivity index (χ3v) is 7.10. The SMILES string of the molecule is CCOC(=O)c1sc(-c2ccc(Cl)cc2)cc1NC(=O)C1CCN(C(=O)C2CC2)CC1. The van der Waals surface area contributed by atoms with E-state index in [9.17, 15) is 14.4 Å². The molecule has 1 aliphatic carbocycles. The standard InChI is InChI=1S/C23H25ClN2O4S/c1-2-30-23(29)20-18(13-19(31-20)14-5-7-17(24)8-6-14)25-21(27)15-9-11-26(12-10-15)22(28)16-3-4-16/h5-8,13,15-16H,2-4,9-12H2,1H3,(H,25,27). The van der Waals surface area contributed by atoms with E-state index in [0.29, 0.717) is 41.5 Å². The van der Waals surface area contributed by atoms with E-state index in [1.54, 1.807) is 19.1 Å². The number of nitrogens with one attached hydrogen (secondary N) is 1. The third-order valence-electron chi connectivity index (χ3n) is 5.68. The number of benzene rings is 1. The van der Waals surface area contributed by atoms with Crippen molar-refractivity contribution in [3.63, 3.8) is 0 Å². The first-order valence-electron chi connectivity index (χ1n) is 10.6. The molecule has 0 atom stereocenters. The summed E-state index contributed by atoms with van der Waals surface area (Å²) in [5.74, 6) is -0.321. The molecule has 2 aromatic rings. The van der Waals surface area contributed by atoms with Gasteiger partial charge in [0.1, 0.15) is 4.88 Å². The number of halogens is 1. The average Bonchev–Trinajstić information content (AvgIpc) is 3.54. The van der Waals surface area contributed by atoms with Gasteiger partial charge < -0.3 is 15.0 Å². The maximum absolute atomic E-state index is 12.9. The van der Waals surface area contributed by atoms with Crippen LogP contribution in [0.1, 0.15) is 42.3 Å². The van der Waals surface area contributed by atoms with Crippen molar-refractivity contribution >= 4 is 46.4 Å². The van der Waals surface area contributed by atoms with Gasteiger partial charge in [0.2, 0.25) is 11.8 Å². The van der Waals surface area contributed by atoms with Crippen LogP contribution in [0.5, 0.6) is 0 Å². The van der Waals surface area contributed by atoms with Crippen molar-refractivity contribution in [2.45, 2.75) is 32.6 Å². The Hall–Kier alpha value is -2.38. The van der Waals surface area contributed by atoms with Crippen LogP contribution in [-0.2, 0) is 14.3 Å². The van der Waals surface area contributed by atoms with Gasteiger partial charge in [-0.25, -0.2) is 4.79 Å². The summed E-state index contributed by atoms with van der Waals surface area (Å²) in [4.78, 5) is 40.8. The lowest BCUT2D eigenvalue weighted by atomic mass is 9.95. The zero-order valence-corrected chi connectivity index (χ0v) is 18.9. The van der Waals surface area contributed by atoms with Crippen molar-refractivity contribution < 1.29 is 19.1 Å². The van der Waals surface area contributed by atoms with Crippen LogP contribution in [0.4, 0.5) is 5.69 Å². The predicted molar refractivity (Wildman–Crippen MR) is 121 cm³/mol. The fourth-order valence-corrected chi connectivity index (χ4v) is 4.91. The van der Waals surface area contributed by atoms with Crippen LogP contribution in [0.2, 0.25) is 5.02 Å². The van der Waals surface area contributed by atoms with Gasteiger partial charge >= 0.3 is 5.97 Å². The monoisotopic (exact) mass is 460 g/mol. The van der Waals surface area contributed by atoms with Crippen molar-refractivity contribution in [1.82, 2.24) is 4.90 Å². The van der Waals surface area contributed by atoms with E-state index in [0.717, 1.165) is 23.3 Å². The van der Waals surface area contributed by atoms with Crippen molar-refractivity contribution in [2.75, 3.05) is 25.0 Å². The highest BCUT2D eigenvalue weighted by Gasteiger charge is 2.36. The zero-order valence-electron chi connectivity index (χ0n) is 17.4. The number of anilines is 1.